The molecule has 5 heteroatoms. The van der Waals surface area contributed by atoms with Crippen LogP contribution < -0.4 is 0 Å². The molecule has 156 valence electrons. The highest BCUT2D eigenvalue weighted by molar-refractivity contribution is 6.30. The SMILES string of the molecule is CCC(=O)c1ccc2c(C(=O)CN3CCCCC3)c(C)n(-c3ccc(Cl)cc3)c2c1. The van der Waals surface area contributed by atoms with Crippen LogP contribution in [0.25, 0.3) is 16.6 Å². The first kappa shape index (κ1) is 20.8. The summed E-state index contributed by atoms with van der Waals surface area (Å²) in [7, 11) is 0. The summed E-state index contributed by atoms with van der Waals surface area (Å²) in [4.78, 5) is 28.0. The molecule has 0 radical (unpaired) electrons. The maximum absolute atomic E-state index is 13.4. The van der Waals surface area contributed by atoms with E-state index in [1.54, 1.807) is 0 Å². The number of halogens is 1. The Bertz CT molecular complexity index is 1090. The summed E-state index contributed by atoms with van der Waals surface area (Å²) in [6.45, 7) is 6.25. The van der Waals surface area contributed by atoms with Crippen LogP contribution in [0.15, 0.2) is 42.5 Å². The van der Waals surface area contributed by atoms with E-state index >= 15 is 0 Å². The molecular formula is C25H27ClN2O2. The van der Waals surface area contributed by atoms with Crippen LogP contribution in [0.1, 0.15) is 59.0 Å². The van der Waals surface area contributed by atoms with Gasteiger partial charge in [0, 0.05) is 39.3 Å². The van der Waals surface area contributed by atoms with E-state index in [-0.39, 0.29) is 11.6 Å². The van der Waals surface area contributed by atoms with E-state index in [2.05, 4.69) is 9.47 Å². The van der Waals surface area contributed by atoms with Gasteiger partial charge in [0.15, 0.2) is 11.6 Å². The zero-order valence-electron chi connectivity index (χ0n) is 17.6. The van der Waals surface area contributed by atoms with Gasteiger partial charge in [-0.2, -0.15) is 0 Å². The molecule has 1 aliphatic heterocycles. The third-order valence-corrected chi connectivity index (χ3v) is 6.28. The van der Waals surface area contributed by atoms with Gasteiger partial charge in [0.25, 0.3) is 0 Å². The minimum Gasteiger partial charge on any atom is -0.313 e. The van der Waals surface area contributed by atoms with Crippen molar-refractivity contribution < 1.29 is 9.59 Å². The van der Waals surface area contributed by atoms with Gasteiger partial charge < -0.3 is 4.57 Å². The second-order valence-electron chi connectivity index (χ2n) is 8.04. The van der Waals surface area contributed by atoms with Crippen molar-refractivity contribution in [2.45, 2.75) is 39.5 Å². The van der Waals surface area contributed by atoms with Crippen LogP contribution in [0, 0.1) is 6.92 Å². The normalized spacial score (nSPS) is 14.9. The molecular weight excluding hydrogens is 396 g/mol. The molecule has 0 unspecified atom stereocenters. The Kier molecular flexibility index (Phi) is 6.07. The van der Waals surface area contributed by atoms with Crippen molar-refractivity contribution in [1.82, 2.24) is 9.47 Å². The molecule has 0 atom stereocenters. The Labute approximate surface area is 182 Å². The van der Waals surface area contributed by atoms with Gasteiger partial charge in [-0.3, -0.25) is 14.5 Å². The van der Waals surface area contributed by atoms with E-state index in [0.717, 1.165) is 53.8 Å². The molecule has 1 aliphatic rings. The lowest BCUT2D eigenvalue weighted by Crippen LogP contribution is -2.34. The van der Waals surface area contributed by atoms with Gasteiger partial charge in [-0.15, -0.1) is 0 Å². The summed E-state index contributed by atoms with van der Waals surface area (Å²) in [6, 6.07) is 13.3. The third kappa shape index (κ3) is 3.94. The molecule has 3 aromatic rings. The van der Waals surface area contributed by atoms with Gasteiger partial charge in [-0.25, -0.2) is 0 Å². The Morgan fingerprint density at radius 2 is 1.67 bits per heavy atom. The summed E-state index contributed by atoms with van der Waals surface area (Å²) in [5, 5.41) is 1.56. The van der Waals surface area contributed by atoms with E-state index < -0.39 is 0 Å². The second-order valence-corrected chi connectivity index (χ2v) is 8.48. The number of nitrogens with zero attached hydrogens (tertiary/aromatic N) is 2. The first-order chi connectivity index (χ1) is 14.5. The Morgan fingerprint density at radius 3 is 2.33 bits per heavy atom. The minimum atomic E-state index is 0.0969. The highest BCUT2D eigenvalue weighted by Crippen LogP contribution is 2.31. The summed E-state index contributed by atoms with van der Waals surface area (Å²) < 4.78 is 2.07. The molecule has 30 heavy (non-hydrogen) atoms. The van der Waals surface area contributed by atoms with Crippen molar-refractivity contribution in [3.05, 3.63) is 64.3 Å². The monoisotopic (exact) mass is 422 g/mol. The van der Waals surface area contributed by atoms with Gasteiger partial charge in [-0.05, 0) is 63.2 Å². The molecule has 4 nitrogen and oxygen atoms in total. The van der Waals surface area contributed by atoms with Crippen LogP contribution in [-0.2, 0) is 0 Å². The fraction of sp³-hybridized carbons (Fsp3) is 0.360. The van der Waals surface area contributed by atoms with E-state index in [1.807, 2.05) is 56.3 Å². The second kappa shape index (κ2) is 8.75. The van der Waals surface area contributed by atoms with Crippen molar-refractivity contribution in [2.75, 3.05) is 19.6 Å². The molecule has 0 N–H and O–H groups in total. The maximum Gasteiger partial charge on any atom is 0.179 e. The number of ketones is 2. The number of fused-ring (bicyclic) bond motifs is 1. The smallest absolute Gasteiger partial charge is 0.179 e. The highest BCUT2D eigenvalue weighted by Gasteiger charge is 2.24. The molecule has 1 fully saturated rings. The highest BCUT2D eigenvalue weighted by atomic mass is 35.5. The van der Waals surface area contributed by atoms with Gasteiger partial charge in [-0.1, -0.05) is 37.1 Å². The summed E-state index contributed by atoms with van der Waals surface area (Å²) in [5.41, 5.74) is 4.14. The van der Waals surface area contributed by atoms with Gasteiger partial charge in [0.2, 0.25) is 0 Å². The largest absolute Gasteiger partial charge is 0.313 e. The fourth-order valence-electron chi connectivity index (χ4n) is 4.47. The molecule has 1 aromatic heterocycles. The van der Waals surface area contributed by atoms with Gasteiger partial charge >= 0.3 is 0 Å². The number of carbonyl (C=O) groups is 2. The van der Waals surface area contributed by atoms with Gasteiger partial charge in [0.05, 0.1) is 12.1 Å². The lowest BCUT2D eigenvalue weighted by Gasteiger charge is -2.25. The quantitative estimate of drug-likeness (QED) is 0.467. The lowest BCUT2D eigenvalue weighted by atomic mass is 10.0. The van der Waals surface area contributed by atoms with Crippen molar-refractivity contribution in [1.29, 1.82) is 0 Å². The van der Waals surface area contributed by atoms with E-state index in [1.165, 1.54) is 6.42 Å². The average molecular weight is 423 g/mol. The molecule has 2 heterocycles. The maximum atomic E-state index is 13.4. The molecule has 4 rings (SSSR count). The molecule has 2 aromatic carbocycles. The van der Waals surface area contributed by atoms with Crippen molar-refractivity contribution in [2.24, 2.45) is 0 Å². The number of benzene rings is 2. The van der Waals surface area contributed by atoms with E-state index in [9.17, 15) is 9.59 Å². The minimum absolute atomic E-state index is 0.0969. The van der Waals surface area contributed by atoms with Crippen molar-refractivity contribution in [3.8, 4) is 5.69 Å². The lowest BCUT2D eigenvalue weighted by molar-refractivity contribution is 0.0916. The summed E-state index contributed by atoms with van der Waals surface area (Å²) >= 11 is 6.09. The van der Waals surface area contributed by atoms with Crippen LogP contribution in [0.5, 0.6) is 0 Å². The van der Waals surface area contributed by atoms with Crippen LogP contribution >= 0.6 is 11.6 Å². The fourth-order valence-corrected chi connectivity index (χ4v) is 4.59. The zero-order chi connectivity index (χ0) is 21.3. The first-order valence-corrected chi connectivity index (χ1v) is 11.1. The molecule has 0 bridgehead atoms. The zero-order valence-corrected chi connectivity index (χ0v) is 18.3. The number of piperidine rings is 1. The molecule has 0 aliphatic carbocycles. The Hall–Kier alpha value is -2.43. The number of likely N-dealkylation sites (tertiary alicyclic amines) is 1. The molecule has 0 saturated carbocycles. The Morgan fingerprint density at radius 1 is 0.967 bits per heavy atom. The van der Waals surface area contributed by atoms with Crippen LogP contribution in [0.3, 0.4) is 0 Å². The molecule has 0 amide bonds. The summed E-state index contributed by atoms with van der Waals surface area (Å²) in [5.74, 6) is 0.237. The predicted molar refractivity (Wildman–Crippen MR) is 122 cm³/mol. The van der Waals surface area contributed by atoms with Crippen molar-refractivity contribution >= 4 is 34.1 Å². The average Bonchev–Trinajstić information content (AvgIpc) is 3.05. The molecule has 0 spiro atoms. The first-order valence-electron chi connectivity index (χ1n) is 10.7. The third-order valence-electron chi connectivity index (χ3n) is 6.03. The summed E-state index contributed by atoms with van der Waals surface area (Å²) in [6.07, 6.45) is 4.00. The Balaban J connectivity index is 1.85. The van der Waals surface area contributed by atoms with Crippen molar-refractivity contribution in [3.63, 3.8) is 0 Å². The topological polar surface area (TPSA) is 42.3 Å². The van der Waals surface area contributed by atoms with E-state index in [4.69, 9.17) is 11.6 Å². The predicted octanol–water partition coefficient (Wildman–Crippen LogP) is 5.85. The van der Waals surface area contributed by atoms with Crippen LogP contribution in [0.2, 0.25) is 5.02 Å². The van der Waals surface area contributed by atoms with Crippen LogP contribution in [-0.4, -0.2) is 40.7 Å². The molecule has 1 saturated heterocycles. The number of carbonyl (C=O) groups excluding carboxylic acids is 2. The van der Waals surface area contributed by atoms with Crippen LogP contribution in [0.4, 0.5) is 0 Å². The standard InChI is InChI=1S/C25H27ClN2O2/c1-3-23(29)18-7-12-21-22(15-18)28(20-10-8-19(26)9-11-20)17(2)25(21)24(30)16-27-13-5-4-6-14-27/h7-12,15H,3-6,13-14,16H2,1-2H3. The number of aromatic nitrogens is 1. The number of hydrogen-bond acceptors (Lipinski definition) is 3. The number of Topliss-reactive ketones (excluding diaryl/α,β-unsaturated/α-hetero) is 2. The number of hydrogen-bond donors (Lipinski definition) is 0. The van der Waals surface area contributed by atoms with Gasteiger partial charge in [0.1, 0.15) is 0 Å². The van der Waals surface area contributed by atoms with E-state index in [0.29, 0.717) is 23.6 Å². The number of rotatable bonds is 6.